The van der Waals surface area contributed by atoms with Crippen molar-refractivity contribution in [2.24, 2.45) is 5.73 Å². The lowest BCUT2D eigenvalue weighted by molar-refractivity contribution is -0.130. The largest absolute Gasteiger partial charge is 0.494 e. The molecule has 0 heterocycles. The zero-order valence-corrected chi connectivity index (χ0v) is 24.6. The molecular weight excluding hydrogens is 559 g/mol. The second kappa shape index (κ2) is 16.0. The van der Waals surface area contributed by atoms with Crippen molar-refractivity contribution < 1.29 is 23.5 Å². The number of ether oxygens (including phenoxy) is 1. The first-order valence-corrected chi connectivity index (χ1v) is 14.5. The Labute approximate surface area is 256 Å². The van der Waals surface area contributed by atoms with E-state index in [1.54, 1.807) is 60.7 Å². The van der Waals surface area contributed by atoms with Crippen LogP contribution in [-0.2, 0) is 35.5 Å². The SMILES string of the molecule is CCOc1ccc(CC(NC(=O)c2ccccc2)C(=O)NC(Cc2ccccc2F)C(=O)NCc2ccc(CN)cc2)cc1. The highest BCUT2D eigenvalue weighted by Crippen LogP contribution is 2.15. The van der Waals surface area contributed by atoms with Crippen LogP contribution in [0.25, 0.3) is 0 Å². The maximum Gasteiger partial charge on any atom is 0.251 e. The second-order valence-corrected chi connectivity index (χ2v) is 10.3. The summed E-state index contributed by atoms with van der Waals surface area (Å²) in [5, 5.41) is 8.44. The molecule has 4 aromatic rings. The predicted molar refractivity (Wildman–Crippen MR) is 167 cm³/mol. The number of nitrogens with two attached hydrogens (primary N) is 1. The van der Waals surface area contributed by atoms with Crippen LogP contribution in [0.15, 0.2) is 103 Å². The van der Waals surface area contributed by atoms with Crippen LogP contribution in [-0.4, -0.2) is 36.4 Å². The Morgan fingerprint density at radius 2 is 1.34 bits per heavy atom. The fourth-order valence-corrected chi connectivity index (χ4v) is 4.64. The minimum Gasteiger partial charge on any atom is -0.494 e. The maximum atomic E-state index is 14.6. The lowest BCUT2D eigenvalue weighted by Gasteiger charge is -2.24. The minimum atomic E-state index is -1.11. The zero-order valence-electron chi connectivity index (χ0n) is 24.6. The first-order valence-electron chi connectivity index (χ1n) is 14.5. The van der Waals surface area contributed by atoms with Crippen LogP contribution in [0, 0.1) is 5.82 Å². The van der Waals surface area contributed by atoms with Crippen LogP contribution in [0.5, 0.6) is 5.75 Å². The van der Waals surface area contributed by atoms with Crippen molar-refractivity contribution in [2.45, 2.75) is 44.9 Å². The number of hydrogen-bond donors (Lipinski definition) is 4. The van der Waals surface area contributed by atoms with Crippen LogP contribution >= 0.6 is 0 Å². The van der Waals surface area contributed by atoms with Crippen molar-refractivity contribution in [3.05, 3.63) is 137 Å². The summed E-state index contributed by atoms with van der Waals surface area (Å²) in [4.78, 5) is 40.3. The fourth-order valence-electron chi connectivity index (χ4n) is 4.64. The van der Waals surface area contributed by atoms with E-state index in [0.717, 1.165) is 16.7 Å². The number of rotatable bonds is 14. The molecule has 0 aromatic heterocycles. The summed E-state index contributed by atoms with van der Waals surface area (Å²) in [7, 11) is 0. The molecule has 0 bridgehead atoms. The van der Waals surface area contributed by atoms with Crippen LogP contribution < -0.4 is 26.4 Å². The van der Waals surface area contributed by atoms with Crippen molar-refractivity contribution in [2.75, 3.05) is 6.61 Å². The fraction of sp³-hybridized carbons (Fsp3) is 0.229. The van der Waals surface area contributed by atoms with Gasteiger partial charge in [0, 0.05) is 31.5 Å². The molecule has 0 spiro atoms. The normalized spacial score (nSPS) is 12.1. The van der Waals surface area contributed by atoms with Gasteiger partial charge in [-0.1, -0.05) is 72.8 Å². The molecule has 0 aliphatic heterocycles. The third kappa shape index (κ3) is 9.24. The van der Waals surface area contributed by atoms with E-state index in [1.807, 2.05) is 43.3 Å². The van der Waals surface area contributed by atoms with Crippen molar-refractivity contribution in [3.8, 4) is 5.75 Å². The Hall–Kier alpha value is -5.02. The Balaban J connectivity index is 1.55. The molecule has 0 aliphatic rings. The lowest BCUT2D eigenvalue weighted by Crippen LogP contribution is -2.55. The number of hydrogen-bond acceptors (Lipinski definition) is 5. The third-order valence-corrected chi connectivity index (χ3v) is 7.07. The number of halogens is 1. The molecule has 0 saturated heterocycles. The monoisotopic (exact) mass is 596 g/mol. The minimum absolute atomic E-state index is 0.0846. The van der Waals surface area contributed by atoms with E-state index in [0.29, 0.717) is 24.5 Å². The Kier molecular flexibility index (Phi) is 11.6. The van der Waals surface area contributed by atoms with Crippen LogP contribution in [0.1, 0.15) is 39.5 Å². The highest BCUT2D eigenvalue weighted by molar-refractivity contribution is 5.98. The number of benzene rings is 4. The summed E-state index contributed by atoms with van der Waals surface area (Å²) < 4.78 is 20.2. The summed E-state index contributed by atoms with van der Waals surface area (Å²) in [6.45, 7) is 3.01. The summed E-state index contributed by atoms with van der Waals surface area (Å²) in [5.41, 5.74) is 8.92. The van der Waals surface area contributed by atoms with E-state index in [-0.39, 0.29) is 24.9 Å². The van der Waals surface area contributed by atoms with Gasteiger partial charge in [-0.25, -0.2) is 4.39 Å². The molecule has 4 rings (SSSR count). The summed E-state index contributed by atoms with van der Waals surface area (Å²) in [6, 6.07) is 27.2. The third-order valence-electron chi connectivity index (χ3n) is 7.07. The Morgan fingerprint density at radius 1 is 0.727 bits per heavy atom. The van der Waals surface area contributed by atoms with Gasteiger partial charge >= 0.3 is 0 Å². The first kappa shape index (κ1) is 31.9. The summed E-state index contributed by atoms with van der Waals surface area (Å²) in [5.74, 6) is -1.30. The topological polar surface area (TPSA) is 123 Å². The average Bonchev–Trinajstić information content (AvgIpc) is 3.05. The highest BCUT2D eigenvalue weighted by Gasteiger charge is 2.28. The van der Waals surface area contributed by atoms with E-state index in [1.165, 1.54) is 6.07 Å². The van der Waals surface area contributed by atoms with Gasteiger partial charge in [-0.05, 0) is 59.5 Å². The Bertz CT molecular complexity index is 1530. The van der Waals surface area contributed by atoms with E-state index in [9.17, 15) is 18.8 Å². The molecule has 228 valence electrons. The average molecular weight is 597 g/mol. The van der Waals surface area contributed by atoms with E-state index in [2.05, 4.69) is 16.0 Å². The number of nitrogens with one attached hydrogen (secondary N) is 3. The van der Waals surface area contributed by atoms with Crippen molar-refractivity contribution in [3.63, 3.8) is 0 Å². The molecule has 9 heteroatoms. The van der Waals surface area contributed by atoms with E-state index in [4.69, 9.17) is 10.5 Å². The molecule has 0 aliphatic carbocycles. The van der Waals surface area contributed by atoms with Crippen molar-refractivity contribution in [1.82, 2.24) is 16.0 Å². The van der Waals surface area contributed by atoms with Gasteiger partial charge in [0.25, 0.3) is 5.91 Å². The standard InChI is InChI=1S/C35H37FN4O4/c1-2-44-29-18-16-24(17-19-29)20-31(39-33(41)27-8-4-3-5-9-27)35(43)40-32(21-28-10-6-7-11-30(28)36)34(42)38-23-26-14-12-25(22-37)13-15-26/h3-19,31-32H,2,20-23,37H2,1H3,(H,38,42)(H,39,41)(H,40,43). The van der Waals surface area contributed by atoms with Crippen LogP contribution in [0.2, 0.25) is 0 Å². The van der Waals surface area contributed by atoms with Gasteiger partial charge in [-0.3, -0.25) is 14.4 Å². The molecule has 8 nitrogen and oxygen atoms in total. The number of amides is 3. The van der Waals surface area contributed by atoms with Gasteiger partial charge in [0.2, 0.25) is 11.8 Å². The highest BCUT2D eigenvalue weighted by atomic mass is 19.1. The van der Waals surface area contributed by atoms with Gasteiger partial charge in [-0.15, -0.1) is 0 Å². The summed E-state index contributed by atoms with van der Waals surface area (Å²) >= 11 is 0. The molecule has 44 heavy (non-hydrogen) atoms. The molecular formula is C35H37FN4O4. The molecule has 0 radical (unpaired) electrons. The quantitative estimate of drug-likeness (QED) is 0.175. The zero-order chi connectivity index (χ0) is 31.3. The molecule has 4 aromatic carbocycles. The number of carbonyl (C=O) groups excluding carboxylic acids is 3. The molecule has 0 saturated carbocycles. The maximum absolute atomic E-state index is 14.6. The van der Waals surface area contributed by atoms with Gasteiger partial charge in [0.05, 0.1) is 6.61 Å². The van der Waals surface area contributed by atoms with E-state index >= 15 is 0 Å². The van der Waals surface area contributed by atoms with Gasteiger partial charge in [0.1, 0.15) is 23.7 Å². The molecule has 5 N–H and O–H groups in total. The Morgan fingerprint density at radius 3 is 2.00 bits per heavy atom. The predicted octanol–water partition coefficient (Wildman–Crippen LogP) is 4.07. The van der Waals surface area contributed by atoms with Crippen molar-refractivity contribution >= 4 is 17.7 Å². The van der Waals surface area contributed by atoms with Gasteiger partial charge < -0.3 is 26.4 Å². The smallest absolute Gasteiger partial charge is 0.251 e. The molecule has 0 fully saturated rings. The first-order chi connectivity index (χ1) is 21.4. The number of carbonyl (C=O) groups is 3. The second-order valence-electron chi connectivity index (χ2n) is 10.3. The van der Waals surface area contributed by atoms with Crippen LogP contribution in [0.4, 0.5) is 4.39 Å². The molecule has 2 unspecified atom stereocenters. The van der Waals surface area contributed by atoms with Gasteiger partial charge in [0.15, 0.2) is 0 Å². The lowest BCUT2D eigenvalue weighted by atomic mass is 10.0. The molecule has 3 amide bonds. The van der Waals surface area contributed by atoms with Crippen molar-refractivity contribution in [1.29, 1.82) is 0 Å². The summed E-state index contributed by atoms with van der Waals surface area (Å²) in [6.07, 6.45) is 0.0666. The van der Waals surface area contributed by atoms with Crippen LogP contribution in [0.3, 0.4) is 0 Å². The van der Waals surface area contributed by atoms with E-state index < -0.39 is 35.6 Å². The molecule has 2 atom stereocenters. The van der Waals surface area contributed by atoms with Gasteiger partial charge in [-0.2, -0.15) is 0 Å².